The summed E-state index contributed by atoms with van der Waals surface area (Å²) in [6.07, 6.45) is 5.52. The number of carbonyl (C=O) groups excluding carboxylic acids is 2. The molecule has 0 radical (unpaired) electrons. The number of nitrogens with zero attached hydrogens (tertiary/aromatic N) is 4. The highest BCUT2D eigenvalue weighted by molar-refractivity contribution is 6.27. The van der Waals surface area contributed by atoms with Crippen molar-refractivity contribution in [2.24, 2.45) is 5.73 Å². The largest absolute Gasteiger partial charge is 0.366 e. The number of hydrogen-bond acceptors (Lipinski definition) is 4. The first-order valence-electron chi connectivity index (χ1n) is 12.2. The maximum Gasteiger partial charge on any atom is 0.260 e. The molecule has 1 atom stereocenters. The molecule has 1 aliphatic heterocycles. The van der Waals surface area contributed by atoms with Gasteiger partial charge in [0.1, 0.15) is 4.87 Å². The fourth-order valence-electron chi connectivity index (χ4n) is 5.16. The summed E-state index contributed by atoms with van der Waals surface area (Å²) >= 11 is 7.09. The monoisotopic (exact) mass is 515 g/mol. The van der Waals surface area contributed by atoms with Crippen LogP contribution in [0.1, 0.15) is 46.3 Å². The number of amides is 2. The molecule has 0 fully saturated rings. The Balaban J connectivity index is 1.59. The lowest BCUT2D eigenvalue weighted by molar-refractivity contribution is -0.114. The van der Waals surface area contributed by atoms with Gasteiger partial charge in [-0.1, -0.05) is 24.3 Å². The number of pyridine rings is 1. The summed E-state index contributed by atoms with van der Waals surface area (Å²) in [6, 6.07) is 15.7. The minimum Gasteiger partial charge on any atom is -0.366 e. The zero-order valence-corrected chi connectivity index (χ0v) is 22.0. The van der Waals surface area contributed by atoms with Gasteiger partial charge in [0.25, 0.3) is 5.91 Å². The van der Waals surface area contributed by atoms with Crippen LogP contribution in [0.25, 0.3) is 0 Å². The van der Waals surface area contributed by atoms with Crippen LogP contribution in [0.3, 0.4) is 0 Å². The summed E-state index contributed by atoms with van der Waals surface area (Å²) in [5, 5.41) is 0. The van der Waals surface area contributed by atoms with E-state index in [0.717, 1.165) is 29.1 Å². The molecular formula is C29H30ClN5O2. The standard InChI is InChI=1S/C29H30ClN5O2/c1-19-12-13-29(30,15-24(19)27(31)36)26-23(8-6-14-32-26)28(37)35-18-22-11-10-21(17-33(2)3)34(22)16-20-7-4-5-9-25(20)35/h4-12,14-15H,13,16-18H2,1-3H3,(H2,31,36). The second-order valence-corrected chi connectivity index (χ2v) is 10.6. The third-order valence-electron chi connectivity index (χ3n) is 7.02. The van der Waals surface area contributed by atoms with Gasteiger partial charge >= 0.3 is 0 Å². The number of carbonyl (C=O) groups is 2. The normalized spacial score (nSPS) is 19.0. The summed E-state index contributed by atoms with van der Waals surface area (Å²) in [5.74, 6) is -0.752. The van der Waals surface area contributed by atoms with E-state index in [4.69, 9.17) is 17.3 Å². The van der Waals surface area contributed by atoms with E-state index < -0.39 is 10.8 Å². The van der Waals surface area contributed by atoms with Crippen molar-refractivity contribution in [2.45, 2.75) is 37.9 Å². The second-order valence-electron chi connectivity index (χ2n) is 9.94. The first kappa shape index (κ1) is 25.0. The van der Waals surface area contributed by atoms with E-state index in [1.54, 1.807) is 29.3 Å². The Morgan fingerprint density at radius 2 is 1.89 bits per heavy atom. The van der Waals surface area contributed by atoms with Gasteiger partial charge in [-0.05, 0) is 75.0 Å². The summed E-state index contributed by atoms with van der Waals surface area (Å²) in [5.41, 5.74) is 11.7. The van der Waals surface area contributed by atoms with Gasteiger partial charge in [-0.25, -0.2) is 0 Å². The SMILES string of the molecule is CC1=CCC(Cl)(c2ncccc2C(=O)N2Cc3ccc(CN(C)C)n3Cc3ccccc32)C=C1C(N)=O. The minimum atomic E-state index is -1.17. The zero-order chi connectivity index (χ0) is 26.3. The van der Waals surface area contributed by atoms with Crippen molar-refractivity contribution in [2.75, 3.05) is 19.0 Å². The van der Waals surface area contributed by atoms with Crippen LogP contribution in [-0.4, -0.2) is 40.4 Å². The molecule has 37 heavy (non-hydrogen) atoms. The van der Waals surface area contributed by atoms with E-state index in [-0.39, 0.29) is 5.91 Å². The Morgan fingerprint density at radius 3 is 2.65 bits per heavy atom. The first-order chi connectivity index (χ1) is 17.7. The number of anilines is 1. The van der Waals surface area contributed by atoms with Gasteiger partial charge in [-0.2, -0.15) is 0 Å². The van der Waals surface area contributed by atoms with Crippen molar-refractivity contribution in [3.8, 4) is 0 Å². The lowest BCUT2D eigenvalue weighted by atomic mass is 9.86. The number of hydrogen-bond donors (Lipinski definition) is 1. The Hall–Kier alpha value is -3.68. The van der Waals surface area contributed by atoms with Gasteiger partial charge in [0.05, 0.1) is 17.8 Å². The van der Waals surface area contributed by atoms with Crippen LogP contribution in [0.15, 0.2) is 78.0 Å². The Morgan fingerprint density at radius 1 is 1.11 bits per heavy atom. The van der Waals surface area contributed by atoms with Crippen molar-refractivity contribution in [3.05, 3.63) is 106 Å². The van der Waals surface area contributed by atoms with Crippen LogP contribution >= 0.6 is 11.6 Å². The quantitative estimate of drug-likeness (QED) is 0.512. The molecule has 7 nitrogen and oxygen atoms in total. The smallest absolute Gasteiger partial charge is 0.260 e. The highest BCUT2D eigenvalue weighted by Crippen LogP contribution is 2.42. The van der Waals surface area contributed by atoms with E-state index >= 15 is 0 Å². The van der Waals surface area contributed by atoms with Gasteiger partial charge in [0.2, 0.25) is 5.91 Å². The van der Waals surface area contributed by atoms with Crippen LogP contribution in [0.4, 0.5) is 5.69 Å². The molecule has 8 heteroatoms. The van der Waals surface area contributed by atoms with Crippen molar-refractivity contribution in [3.63, 3.8) is 0 Å². The van der Waals surface area contributed by atoms with E-state index in [2.05, 4.69) is 32.7 Å². The topological polar surface area (TPSA) is 84.5 Å². The van der Waals surface area contributed by atoms with Gasteiger partial charge in [-0.15, -0.1) is 11.6 Å². The van der Waals surface area contributed by atoms with Gasteiger partial charge in [-0.3, -0.25) is 14.6 Å². The number of benzene rings is 1. The number of nitrogens with two attached hydrogens (primary N) is 1. The number of halogens is 1. The number of fused-ring (bicyclic) bond motifs is 2. The number of rotatable bonds is 5. The summed E-state index contributed by atoms with van der Waals surface area (Å²) in [6.45, 7) is 3.72. The van der Waals surface area contributed by atoms with Crippen molar-refractivity contribution in [1.29, 1.82) is 0 Å². The summed E-state index contributed by atoms with van der Waals surface area (Å²) in [7, 11) is 4.10. The number of aromatic nitrogens is 2. The number of alkyl halides is 1. The lowest BCUT2D eigenvalue weighted by Gasteiger charge is -2.30. The number of primary amides is 1. The van der Waals surface area contributed by atoms with Crippen LogP contribution in [0.2, 0.25) is 0 Å². The highest BCUT2D eigenvalue weighted by atomic mass is 35.5. The highest BCUT2D eigenvalue weighted by Gasteiger charge is 2.37. The number of para-hydroxylation sites is 1. The van der Waals surface area contributed by atoms with Gasteiger partial charge in [0, 0.05) is 41.9 Å². The Bertz CT molecular complexity index is 1450. The maximum absolute atomic E-state index is 14.3. The van der Waals surface area contributed by atoms with Crippen LogP contribution < -0.4 is 10.6 Å². The van der Waals surface area contributed by atoms with Crippen molar-refractivity contribution >= 4 is 29.1 Å². The summed E-state index contributed by atoms with van der Waals surface area (Å²) in [4.78, 5) is 33.7. The maximum atomic E-state index is 14.3. The average molecular weight is 516 g/mol. The molecule has 2 N–H and O–H groups in total. The molecule has 0 spiro atoms. The van der Waals surface area contributed by atoms with Crippen molar-refractivity contribution in [1.82, 2.24) is 14.5 Å². The fraction of sp³-hybridized carbons (Fsp3) is 0.276. The van der Waals surface area contributed by atoms with Crippen LogP contribution in [-0.2, 0) is 29.3 Å². The molecular weight excluding hydrogens is 486 g/mol. The molecule has 190 valence electrons. The Labute approximate surface area is 221 Å². The molecule has 1 aliphatic carbocycles. The predicted molar refractivity (Wildman–Crippen MR) is 145 cm³/mol. The molecule has 1 aromatic carbocycles. The molecule has 2 aliphatic rings. The zero-order valence-electron chi connectivity index (χ0n) is 21.2. The van der Waals surface area contributed by atoms with E-state index in [1.807, 2.05) is 45.3 Å². The average Bonchev–Trinajstić information content (AvgIpc) is 3.14. The van der Waals surface area contributed by atoms with Crippen molar-refractivity contribution < 1.29 is 9.59 Å². The first-order valence-corrected chi connectivity index (χ1v) is 12.6. The molecule has 3 aromatic rings. The van der Waals surface area contributed by atoms with Gasteiger partial charge in [0.15, 0.2) is 0 Å². The number of allylic oxidation sites excluding steroid dienone is 2. The molecule has 2 aromatic heterocycles. The minimum absolute atomic E-state index is 0.195. The molecule has 1 unspecified atom stereocenters. The van der Waals surface area contributed by atoms with E-state index in [1.165, 1.54) is 5.69 Å². The molecule has 0 bridgehead atoms. The molecule has 2 amide bonds. The molecule has 0 saturated carbocycles. The van der Waals surface area contributed by atoms with E-state index in [9.17, 15) is 9.59 Å². The lowest BCUT2D eigenvalue weighted by Crippen LogP contribution is -2.34. The molecule has 0 saturated heterocycles. The third kappa shape index (κ3) is 4.61. The summed E-state index contributed by atoms with van der Waals surface area (Å²) < 4.78 is 2.29. The fourth-order valence-corrected chi connectivity index (χ4v) is 5.50. The third-order valence-corrected chi connectivity index (χ3v) is 7.46. The van der Waals surface area contributed by atoms with Crippen LogP contribution in [0, 0.1) is 0 Å². The molecule has 5 rings (SSSR count). The Kier molecular flexibility index (Phi) is 6.52. The predicted octanol–water partition coefficient (Wildman–Crippen LogP) is 4.35. The van der Waals surface area contributed by atoms with Gasteiger partial charge < -0.3 is 20.1 Å². The second kappa shape index (κ2) is 9.65. The molecule has 3 heterocycles. The van der Waals surface area contributed by atoms with E-state index in [0.29, 0.717) is 36.3 Å². The van der Waals surface area contributed by atoms with Crippen LogP contribution in [0.5, 0.6) is 0 Å².